The van der Waals surface area contributed by atoms with Gasteiger partial charge >= 0.3 is 5.97 Å². The van der Waals surface area contributed by atoms with Crippen molar-refractivity contribution in [1.82, 2.24) is 14.5 Å². The zero-order chi connectivity index (χ0) is 12.6. The highest BCUT2D eigenvalue weighted by Gasteiger charge is 2.35. The van der Waals surface area contributed by atoms with E-state index in [2.05, 4.69) is 4.98 Å². The third-order valence-electron chi connectivity index (χ3n) is 3.11. The number of carbonyl (C=O) groups is 2. The van der Waals surface area contributed by atoms with E-state index in [1.165, 1.54) is 18.9 Å². The maximum Gasteiger partial charge on any atom is 0.329 e. The molecule has 6 nitrogen and oxygen atoms in total. The van der Waals surface area contributed by atoms with Gasteiger partial charge in [0.05, 0.1) is 31.4 Å². The van der Waals surface area contributed by atoms with Crippen molar-refractivity contribution in [3.05, 3.63) is 17.7 Å². The lowest BCUT2D eigenvalue weighted by molar-refractivity contribution is -0.153. The van der Waals surface area contributed by atoms with Gasteiger partial charge in [-0.3, -0.25) is 4.79 Å². The molecule has 2 heterocycles. The average Bonchev–Trinajstić information content (AvgIpc) is 2.68. The second-order valence-electron chi connectivity index (χ2n) is 4.14. The van der Waals surface area contributed by atoms with Crippen LogP contribution in [0.3, 0.4) is 0 Å². The van der Waals surface area contributed by atoms with Gasteiger partial charge in [-0.15, -0.1) is 0 Å². The molecule has 0 saturated heterocycles. The number of methoxy groups -OCH3 is 1. The minimum absolute atomic E-state index is 0.132. The summed E-state index contributed by atoms with van der Waals surface area (Å²) in [6.45, 7) is 1.86. The average molecular weight is 237 g/mol. The van der Waals surface area contributed by atoms with Crippen LogP contribution in [0, 0.1) is 0 Å². The van der Waals surface area contributed by atoms with Crippen LogP contribution in [-0.4, -0.2) is 39.5 Å². The molecule has 0 N–H and O–H groups in total. The van der Waals surface area contributed by atoms with Crippen molar-refractivity contribution < 1.29 is 14.3 Å². The molecule has 0 aliphatic carbocycles. The van der Waals surface area contributed by atoms with Crippen molar-refractivity contribution in [3.63, 3.8) is 0 Å². The highest BCUT2D eigenvalue weighted by Crippen LogP contribution is 2.22. The molecule has 92 valence electrons. The standard InChI is InChI=1S/C11H15N3O3/c1-7(15)14-5-10-8(12-6-13(10)2)4-9(14)11(16)17-3/h6,9H,4-5H2,1-3H3/t9-/m0/s1. The van der Waals surface area contributed by atoms with Crippen LogP contribution in [0.2, 0.25) is 0 Å². The summed E-state index contributed by atoms with van der Waals surface area (Å²) in [5.41, 5.74) is 1.83. The summed E-state index contributed by atoms with van der Waals surface area (Å²) in [6.07, 6.45) is 2.12. The molecule has 1 aliphatic heterocycles. The van der Waals surface area contributed by atoms with Crippen LogP contribution < -0.4 is 0 Å². The van der Waals surface area contributed by atoms with E-state index in [1.54, 1.807) is 6.33 Å². The van der Waals surface area contributed by atoms with Crippen molar-refractivity contribution in [1.29, 1.82) is 0 Å². The monoisotopic (exact) mass is 237 g/mol. The van der Waals surface area contributed by atoms with Crippen LogP contribution in [0.15, 0.2) is 6.33 Å². The van der Waals surface area contributed by atoms with Crippen LogP contribution in [-0.2, 0) is 34.3 Å². The molecule has 0 unspecified atom stereocenters. The van der Waals surface area contributed by atoms with Gasteiger partial charge in [0.25, 0.3) is 0 Å². The van der Waals surface area contributed by atoms with Crippen molar-refractivity contribution in [2.75, 3.05) is 7.11 Å². The number of rotatable bonds is 1. The molecule has 1 amide bonds. The second-order valence-corrected chi connectivity index (χ2v) is 4.14. The maximum atomic E-state index is 11.6. The quantitative estimate of drug-likeness (QED) is 0.638. The van der Waals surface area contributed by atoms with Gasteiger partial charge in [-0.2, -0.15) is 0 Å². The first-order valence-electron chi connectivity index (χ1n) is 5.38. The summed E-state index contributed by atoms with van der Waals surface area (Å²) >= 11 is 0. The normalized spacial score (nSPS) is 18.8. The fourth-order valence-corrected chi connectivity index (χ4v) is 2.12. The first kappa shape index (κ1) is 11.6. The Morgan fingerprint density at radius 2 is 2.24 bits per heavy atom. The van der Waals surface area contributed by atoms with Crippen LogP contribution in [0.5, 0.6) is 0 Å². The number of hydrogen-bond acceptors (Lipinski definition) is 4. The van der Waals surface area contributed by atoms with Crippen LogP contribution >= 0.6 is 0 Å². The number of esters is 1. The molecule has 2 rings (SSSR count). The Morgan fingerprint density at radius 3 is 2.82 bits per heavy atom. The largest absolute Gasteiger partial charge is 0.467 e. The number of aryl methyl sites for hydroxylation is 1. The van der Waals surface area contributed by atoms with E-state index in [0.29, 0.717) is 13.0 Å². The van der Waals surface area contributed by atoms with Crippen LogP contribution in [0.1, 0.15) is 18.3 Å². The number of carbonyl (C=O) groups excluding carboxylic acids is 2. The zero-order valence-corrected chi connectivity index (χ0v) is 10.1. The molecule has 1 aromatic rings. The van der Waals surface area contributed by atoms with Crippen LogP contribution in [0.25, 0.3) is 0 Å². The molecule has 0 aromatic carbocycles. The fourth-order valence-electron chi connectivity index (χ4n) is 2.12. The number of hydrogen-bond donors (Lipinski definition) is 0. The Kier molecular flexibility index (Phi) is 2.87. The van der Waals surface area contributed by atoms with Gasteiger partial charge in [0, 0.05) is 20.4 Å². The first-order chi connectivity index (χ1) is 8.04. The third-order valence-corrected chi connectivity index (χ3v) is 3.11. The summed E-state index contributed by atoms with van der Waals surface area (Å²) in [5.74, 6) is -0.524. The van der Waals surface area contributed by atoms with E-state index in [-0.39, 0.29) is 5.91 Å². The number of amides is 1. The van der Waals surface area contributed by atoms with E-state index in [0.717, 1.165) is 11.4 Å². The molecular formula is C11H15N3O3. The Hall–Kier alpha value is -1.85. The number of fused-ring (bicyclic) bond motifs is 1. The summed E-state index contributed by atoms with van der Waals surface area (Å²) in [5, 5.41) is 0. The van der Waals surface area contributed by atoms with E-state index in [1.807, 2.05) is 11.6 Å². The smallest absolute Gasteiger partial charge is 0.329 e. The minimum atomic E-state index is -0.556. The summed E-state index contributed by atoms with van der Waals surface area (Å²) in [6, 6.07) is -0.556. The Bertz CT molecular complexity index is 467. The van der Waals surface area contributed by atoms with E-state index >= 15 is 0 Å². The predicted molar refractivity (Wildman–Crippen MR) is 58.9 cm³/mol. The molecule has 0 saturated carbocycles. The van der Waals surface area contributed by atoms with E-state index in [4.69, 9.17) is 4.74 Å². The van der Waals surface area contributed by atoms with E-state index in [9.17, 15) is 9.59 Å². The molecule has 0 bridgehead atoms. The summed E-state index contributed by atoms with van der Waals surface area (Å²) in [7, 11) is 3.21. The second kappa shape index (κ2) is 4.20. The minimum Gasteiger partial charge on any atom is -0.467 e. The molecule has 0 fully saturated rings. The Balaban J connectivity index is 2.35. The Labute approximate surface area is 99.2 Å². The summed E-state index contributed by atoms with van der Waals surface area (Å²) < 4.78 is 6.60. The molecule has 0 radical (unpaired) electrons. The lowest BCUT2D eigenvalue weighted by Gasteiger charge is -2.32. The van der Waals surface area contributed by atoms with Gasteiger partial charge in [0.1, 0.15) is 6.04 Å². The molecular weight excluding hydrogens is 222 g/mol. The van der Waals surface area contributed by atoms with E-state index < -0.39 is 12.0 Å². The molecule has 1 aliphatic rings. The molecule has 6 heteroatoms. The Morgan fingerprint density at radius 1 is 1.53 bits per heavy atom. The molecule has 1 aromatic heterocycles. The lowest BCUT2D eigenvalue weighted by Crippen LogP contribution is -2.48. The first-order valence-corrected chi connectivity index (χ1v) is 5.38. The molecule has 17 heavy (non-hydrogen) atoms. The number of nitrogens with zero attached hydrogens (tertiary/aromatic N) is 3. The maximum absolute atomic E-state index is 11.6. The number of imidazole rings is 1. The van der Waals surface area contributed by atoms with Crippen molar-refractivity contribution in [2.24, 2.45) is 7.05 Å². The van der Waals surface area contributed by atoms with Crippen LogP contribution in [0.4, 0.5) is 0 Å². The van der Waals surface area contributed by atoms with Crippen molar-refractivity contribution >= 4 is 11.9 Å². The number of ether oxygens (including phenoxy) is 1. The van der Waals surface area contributed by atoms with Gasteiger partial charge in [-0.05, 0) is 0 Å². The van der Waals surface area contributed by atoms with Crippen molar-refractivity contribution in [2.45, 2.75) is 25.9 Å². The summed E-state index contributed by atoms with van der Waals surface area (Å²) in [4.78, 5) is 29.0. The SMILES string of the molecule is COC(=O)[C@@H]1Cc2ncn(C)c2CN1C(C)=O. The zero-order valence-electron chi connectivity index (χ0n) is 10.1. The van der Waals surface area contributed by atoms with Gasteiger partial charge < -0.3 is 14.2 Å². The fraction of sp³-hybridized carbons (Fsp3) is 0.545. The highest BCUT2D eigenvalue weighted by molar-refractivity contribution is 5.84. The topological polar surface area (TPSA) is 64.4 Å². The third kappa shape index (κ3) is 1.90. The van der Waals surface area contributed by atoms with Gasteiger partial charge in [-0.1, -0.05) is 0 Å². The lowest BCUT2D eigenvalue weighted by atomic mass is 10.0. The highest BCUT2D eigenvalue weighted by atomic mass is 16.5. The number of aromatic nitrogens is 2. The molecule has 1 atom stereocenters. The van der Waals surface area contributed by atoms with Gasteiger partial charge in [0.15, 0.2) is 0 Å². The van der Waals surface area contributed by atoms with Gasteiger partial charge in [-0.25, -0.2) is 9.78 Å². The van der Waals surface area contributed by atoms with Gasteiger partial charge in [0.2, 0.25) is 5.91 Å². The molecule has 0 spiro atoms. The van der Waals surface area contributed by atoms with Crippen molar-refractivity contribution in [3.8, 4) is 0 Å². The predicted octanol–water partition coefficient (Wildman–Crippen LogP) is -0.134.